The van der Waals surface area contributed by atoms with Gasteiger partial charge in [0.2, 0.25) is 0 Å². The van der Waals surface area contributed by atoms with E-state index in [1.165, 1.54) is 38.5 Å². The molecular formula is C24H22N2O6S. The van der Waals surface area contributed by atoms with Gasteiger partial charge in [0.05, 0.1) is 19.9 Å². The summed E-state index contributed by atoms with van der Waals surface area (Å²) in [7, 11) is -1.30. The fraction of sp³-hybridized carbons (Fsp3) is 0.167. The molecule has 0 saturated heterocycles. The van der Waals surface area contributed by atoms with Crippen LogP contribution in [0.25, 0.3) is 12.2 Å². The van der Waals surface area contributed by atoms with Crippen molar-refractivity contribution in [2.45, 2.75) is 18.7 Å². The van der Waals surface area contributed by atoms with E-state index in [0.717, 1.165) is 5.56 Å². The van der Waals surface area contributed by atoms with E-state index in [1.54, 1.807) is 49.4 Å². The van der Waals surface area contributed by atoms with Crippen LogP contribution < -0.4 is 19.3 Å². The molecule has 0 bridgehead atoms. The summed E-state index contributed by atoms with van der Waals surface area (Å²) < 4.78 is 41.9. The van der Waals surface area contributed by atoms with E-state index >= 15 is 0 Å². The number of nitrogens with zero attached hydrogens (tertiary/aromatic N) is 2. The maximum atomic E-state index is 12.9. The molecule has 0 saturated carbocycles. The van der Waals surface area contributed by atoms with Gasteiger partial charge in [-0.15, -0.1) is 4.73 Å². The fourth-order valence-electron chi connectivity index (χ4n) is 3.05. The Hall–Kier alpha value is -4.03. The molecule has 8 nitrogen and oxygen atoms in total. The molecule has 0 radical (unpaired) electrons. The number of hydrogen-bond donors (Lipinski definition) is 0. The molecule has 3 aromatic rings. The average Bonchev–Trinajstić information content (AvgIpc) is 2.80. The second-order valence-corrected chi connectivity index (χ2v) is 8.66. The van der Waals surface area contributed by atoms with Crippen molar-refractivity contribution in [2.24, 2.45) is 0 Å². The van der Waals surface area contributed by atoms with Crippen molar-refractivity contribution in [3.8, 4) is 17.6 Å². The first-order chi connectivity index (χ1) is 15.7. The van der Waals surface area contributed by atoms with Gasteiger partial charge in [0.15, 0.2) is 11.5 Å². The first kappa shape index (κ1) is 23.6. The monoisotopic (exact) mass is 466 g/mol. The first-order valence-electron chi connectivity index (χ1n) is 9.78. The summed E-state index contributed by atoms with van der Waals surface area (Å²) in [5.41, 5.74) is 1.02. The van der Waals surface area contributed by atoms with Gasteiger partial charge in [-0.2, -0.15) is 13.7 Å². The molecule has 0 atom stereocenters. The van der Waals surface area contributed by atoms with Crippen LogP contribution in [0.4, 0.5) is 0 Å². The van der Waals surface area contributed by atoms with Gasteiger partial charge < -0.3 is 9.47 Å². The zero-order chi connectivity index (χ0) is 24.2. The van der Waals surface area contributed by atoms with Crippen molar-refractivity contribution in [2.75, 3.05) is 14.2 Å². The van der Waals surface area contributed by atoms with E-state index in [2.05, 4.69) is 0 Å². The third kappa shape index (κ3) is 5.07. The Morgan fingerprint density at radius 1 is 0.939 bits per heavy atom. The summed E-state index contributed by atoms with van der Waals surface area (Å²) in [6.07, 6.45) is 3.17. The second-order valence-electron chi connectivity index (χ2n) is 7.13. The molecule has 0 fully saturated rings. The number of hydrogen-bond acceptors (Lipinski definition) is 7. The Balaban J connectivity index is 2.09. The molecule has 9 heteroatoms. The molecule has 1 heterocycles. The molecule has 2 aromatic carbocycles. The van der Waals surface area contributed by atoms with Gasteiger partial charge in [-0.3, -0.25) is 9.08 Å². The normalized spacial score (nSPS) is 11.2. The molecule has 0 aliphatic heterocycles. The number of aromatic nitrogens is 1. The maximum Gasteiger partial charge on any atom is 0.357 e. The van der Waals surface area contributed by atoms with Crippen molar-refractivity contribution in [1.82, 2.24) is 4.73 Å². The minimum absolute atomic E-state index is 0.117. The second kappa shape index (κ2) is 9.63. The average molecular weight is 467 g/mol. The van der Waals surface area contributed by atoms with Gasteiger partial charge in [-0.1, -0.05) is 29.8 Å². The summed E-state index contributed by atoms with van der Waals surface area (Å²) >= 11 is 0. The quantitative estimate of drug-likeness (QED) is 0.525. The Bertz CT molecular complexity index is 1420. The van der Waals surface area contributed by atoms with Crippen LogP contribution in [-0.2, 0) is 10.1 Å². The number of pyridine rings is 1. The summed E-state index contributed by atoms with van der Waals surface area (Å²) in [4.78, 5) is 12.8. The highest BCUT2D eigenvalue weighted by Gasteiger charge is 2.21. The lowest BCUT2D eigenvalue weighted by molar-refractivity contribution is 0.264. The van der Waals surface area contributed by atoms with Crippen LogP contribution in [0.3, 0.4) is 0 Å². The predicted molar refractivity (Wildman–Crippen MR) is 124 cm³/mol. The molecule has 0 amide bonds. The standard InChI is InChI=1S/C24H22N2O6S/c1-16-5-10-20(11-6-16)33(28,29)32-26-19(13-17(2)21(15-25)24(26)27)9-7-18-8-12-22(30-3)23(14-18)31-4/h5-14H,1-4H3/b9-7+. The summed E-state index contributed by atoms with van der Waals surface area (Å²) in [6, 6.07) is 14.5. The Morgan fingerprint density at radius 2 is 1.61 bits per heavy atom. The van der Waals surface area contributed by atoms with Crippen molar-refractivity contribution < 1.29 is 22.2 Å². The van der Waals surface area contributed by atoms with E-state index in [0.29, 0.717) is 27.4 Å². The Kier molecular flexibility index (Phi) is 6.89. The van der Waals surface area contributed by atoms with Crippen LogP contribution in [0.1, 0.15) is 27.9 Å². The Labute approximate surface area is 192 Å². The lowest BCUT2D eigenvalue weighted by Crippen LogP contribution is -2.34. The van der Waals surface area contributed by atoms with Gasteiger partial charge in [0, 0.05) is 0 Å². The predicted octanol–water partition coefficient (Wildman–Crippen LogP) is 3.34. The van der Waals surface area contributed by atoms with Crippen LogP contribution in [0.2, 0.25) is 0 Å². The maximum absolute atomic E-state index is 12.9. The minimum Gasteiger partial charge on any atom is -0.493 e. The van der Waals surface area contributed by atoms with Gasteiger partial charge in [0.25, 0.3) is 0 Å². The SMILES string of the molecule is COc1ccc(/C=C/c2cc(C)c(C#N)c(=O)n2OS(=O)(=O)c2ccc(C)cc2)cc1OC. The highest BCUT2D eigenvalue weighted by Crippen LogP contribution is 2.28. The van der Waals surface area contributed by atoms with Crippen molar-refractivity contribution in [3.05, 3.63) is 86.8 Å². The highest BCUT2D eigenvalue weighted by atomic mass is 32.2. The fourth-order valence-corrected chi connectivity index (χ4v) is 3.96. The third-order valence-electron chi connectivity index (χ3n) is 4.84. The number of ether oxygens (including phenoxy) is 2. The summed E-state index contributed by atoms with van der Waals surface area (Å²) in [6.45, 7) is 3.41. The molecule has 0 N–H and O–H groups in total. The minimum atomic E-state index is -4.33. The van der Waals surface area contributed by atoms with E-state index in [1.807, 2.05) is 6.92 Å². The number of rotatable bonds is 7. The van der Waals surface area contributed by atoms with Gasteiger partial charge in [0.1, 0.15) is 16.5 Å². The molecule has 33 heavy (non-hydrogen) atoms. The first-order valence-corrected chi connectivity index (χ1v) is 11.2. The van der Waals surface area contributed by atoms with Crippen molar-refractivity contribution >= 4 is 22.3 Å². The van der Waals surface area contributed by atoms with Gasteiger partial charge >= 0.3 is 15.7 Å². The van der Waals surface area contributed by atoms with Crippen LogP contribution >= 0.6 is 0 Å². The molecule has 0 aliphatic rings. The van der Waals surface area contributed by atoms with Crippen LogP contribution in [0.15, 0.2) is 58.2 Å². The molecule has 170 valence electrons. The highest BCUT2D eigenvalue weighted by molar-refractivity contribution is 7.87. The van der Waals surface area contributed by atoms with Crippen LogP contribution in [0, 0.1) is 25.2 Å². The number of nitriles is 1. The van der Waals surface area contributed by atoms with E-state index < -0.39 is 15.7 Å². The molecular weight excluding hydrogens is 444 g/mol. The molecule has 1 aromatic heterocycles. The smallest absolute Gasteiger partial charge is 0.357 e. The molecule has 0 unspecified atom stereocenters. The molecule has 3 rings (SSSR count). The zero-order valence-electron chi connectivity index (χ0n) is 18.5. The number of aryl methyl sites for hydroxylation is 2. The van der Waals surface area contributed by atoms with Gasteiger partial charge in [-0.05, 0) is 61.4 Å². The lowest BCUT2D eigenvalue weighted by Gasteiger charge is -2.13. The lowest BCUT2D eigenvalue weighted by atomic mass is 10.1. The third-order valence-corrected chi connectivity index (χ3v) is 6.03. The summed E-state index contributed by atoms with van der Waals surface area (Å²) in [5, 5.41) is 9.36. The molecule has 0 aliphatic carbocycles. The van der Waals surface area contributed by atoms with Crippen molar-refractivity contribution in [1.29, 1.82) is 5.26 Å². The van der Waals surface area contributed by atoms with Crippen LogP contribution in [0.5, 0.6) is 11.5 Å². The number of methoxy groups -OCH3 is 2. The van der Waals surface area contributed by atoms with E-state index in [-0.39, 0.29) is 16.2 Å². The topological polar surface area (TPSA) is 108 Å². The molecule has 0 spiro atoms. The largest absolute Gasteiger partial charge is 0.493 e. The van der Waals surface area contributed by atoms with E-state index in [9.17, 15) is 18.5 Å². The summed E-state index contributed by atoms with van der Waals surface area (Å²) in [5.74, 6) is 1.06. The van der Waals surface area contributed by atoms with Gasteiger partial charge in [-0.25, -0.2) is 0 Å². The zero-order valence-corrected chi connectivity index (χ0v) is 19.3. The number of benzene rings is 2. The van der Waals surface area contributed by atoms with Crippen LogP contribution in [-0.4, -0.2) is 27.4 Å². The van der Waals surface area contributed by atoms with E-state index in [4.69, 9.17) is 13.8 Å². The Morgan fingerprint density at radius 3 is 2.21 bits per heavy atom. The van der Waals surface area contributed by atoms with Crippen molar-refractivity contribution in [3.63, 3.8) is 0 Å².